The molecular formula is C11H13NO2. The zero-order valence-electron chi connectivity index (χ0n) is 8.27. The van der Waals surface area contributed by atoms with Gasteiger partial charge < -0.3 is 9.84 Å². The van der Waals surface area contributed by atoms with Gasteiger partial charge in [0.2, 0.25) is 0 Å². The maximum absolute atomic E-state index is 9.74. The predicted octanol–water partition coefficient (Wildman–Crippen LogP) is 1.87. The highest BCUT2D eigenvalue weighted by Gasteiger charge is 2.20. The number of hydrogen-bond acceptors (Lipinski definition) is 3. The first-order valence-corrected chi connectivity index (χ1v) is 4.52. The van der Waals surface area contributed by atoms with Crippen LogP contribution in [0.5, 0.6) is 5.75 Å². The van der Waals surface area contributed by atoms with Crippen LogP contribution in [0.3, 0.4) is 0 Å². The quantitative estimate of drug-likeness (QED) is 0.735. The van der Waals surface area contributed by atoms with E-state index in [0.29, 0.717) is 0 Å². The maximum Gasteiger partial charge on any atom is 0.175 e. The number of nitrogens with zero attached hydrogens (tertiary/aromatic N) is 1. The van der Waals surface area contributed by atoms with Gasteiger partial charge in [0.25, 0.3) is 0 Å². The molecule has 3 nitrogen and oxygen atoms in total. The van der Waals surface area contributed by atoms with Crippen molar-refractivity contribution in [2.45, 2.75) is 6.23 Å². The molecule has 1 heterocycles. The topological polar surface area (TPSA) is 32.7 Å². The first-order valence-electron chi connectivity index (χ1n) is 4.52. The van der Waals surface area contributed by atoms with Crippen LogP contribution < -0.4 is 4.74 Å². The summed E-state index contributed by atoms with van der Waals surface area (Å²) in [6, 6.07) is 7.47. The summed E-state index contributed by atoms with van der Waals surface area (Å²) in [6.45, 7) is 0. The van der Waals surface area contributed by atoms with Gasteiger partial charge in [0.05, 0.1) is 5.56 Å². The molecule has 3 heteroatoms. The Balaban J connectivity index is 2.39. The van der Waals surface area contributed by atoms with E-state index in [2.05, 4.69) is 0 Å². The van der Waals surface area contributed by atoms with E-state index in [-0.39, 0.29) is 12.0 Å². The highest BCUT2D eigenvalue weighted by molar-refractivity contribution is 5.66. The van der Waals surface area contributed by atoms with E-state index in [0.717, 1.165) is 11.3 Å². The van der Waals surface area contributed by atoms with Crippen molar-refractivity contribution in [1.82, 2.24) is 4.90 Å². The Morgan fingerprint density at radius 3 is 2.71 bits per heavy atom. The molecule has 0 spiro atoms. The Morgan fingerprint density at radius 1 is 1.29 bits per heavy atom. The minimum atomic E-state index is -0.190. The first kappa shape index (κ1) is 9.09. The molecule has 1 unspecified atom stereocenters. The minimum absolute atomic E-state index is 0.190. The maximum atomic E-state index is 9.74. The van der Waals surface area contributed by atoms with Crippen LogP contribution in [-0.2, 0) is 0 Å². The summed E-state index contributed by atoms with van der Waals surface area (Å²) in [7, 11) is 3.81. The van der Waals surface area contributed by atoms with Gasteiger partial charge in [-0.2, -0.15) is 0 Å². The number of rotatable bonds is 1. The molecular weight excluding hydrogens is 178 g/mol. The highest BCUT2D eigenvalue weighted by atomic mass is 16.5. The summed E-state index contributed by atoms with van der Waals surface area (Å²) in [4.78, 5) is 1.90. The lowest BCUT2D eigenvalue weighted by molar-refractivity contribution is 0.102. The van der Waals surface area contributed by atoms with Crippen molar-refractivity contribution in [3.05, 3.63) is 35.9 Å². The number of aliphatic hydroxyl groups excluding tert-OH is 1. The van der Waals surface area contributed by atoms with Crippen molar-refractivity contribution in [3.63, 3.8) is 0 Å². The standard InChI is InChI=1S/C11H13NO2/c1-12(2)11-7-9(13)8-5-3-4-6-10(8)14-11/h3-7,11,13H,1-2H3. The lowest BCUT2D eigenvalue weighted by Gasteiger charge is -2.27. The molecule has 0 aliphatic carbocycles. The first-order chi connectivity index (χ1) is 6.68. The smallest absolute Gasteiger partial charge is 0.175 e. The third kappa shape index (κ3) is 1.46. The number of likely N-dealkylation sites (N-methyl/N-ethyl adjacent to an activating group) is 1. The van der Waals surface area contributed by atoms with E-state index in [4.69, 9.17) is 4.74 Å². The monoisotopic (exact) mass is 191 g/mol. The van der Waals surface area contributed by atoms with Crippen LogP contribution in [0.2, 0.25) is 0 Å². The van der Waals surface area contributed by atoms with Gasteiger partial charge in [-0.1, -0.05) is 12.1 Å². The molecule has 1 atom stereocenters. The number of para-hydroxylation sites is 1. The van der Waals surface area contributed by atoms with Crippen LogP contribution in [0.15, 0.2) is 30.3 Å². The van der Waals surface area contributed by atoms with Crippen molar-refractivity contribution < 1.29 is 9.84 Å². The average Bonchev–Trinajstić information content (AvgIpc) is 2.17. The summed E-state index contributed by atoms with van der Waals surface area (Å²) < 4.78 is 5.65. The Bertz CT molecular complexity index is 371. The number of aliphatic hydroxyl groups is 1. The molecule has 1 aliphatic rings. The molecule has 74 valence electrons. The molecule has 1 aromatic carbocycles. The molecule has 2 rings (SSSR count). The summed E-state index contributed by atoms with van der Waals surface area (Å²) >= 11 is 0. The largest absolute Gasteiger partial charge is 0.507 e. The van der Waals surface area contributed by atoms with Crippen LogP contribution in [0.4, 0.5) is 0 Å². The number of hydrogen-bond donors (Lipinski definition) is 1. The number of benzene rings is 1. The molecule has 1 aliphatic heterocycles. The second-order valence-corrected chi connectivity index (χ2v) is 3.52. The molecule has 0 bridgehead atoms. The van der Waals surface area contributed by atoms with Gasteiger partial charge in [0.15, 0.2) is 6.23 Å². The number of ether oxygens (including phenoxy) is 1. The van der Waals surface area contributed by atoms with E-state index in [1.165, 1.54) is 0 Å². The van der Waals surface area contributed by atoms with E-state index in [1.54, 1.807) is 6.08 Å². The van der Waals surface area contributed by atoms with Crippen LogP contribution in [0, 0.1) is 0 Å². The number of fused-ring (bicyclic) bond motifs is 1. The summed E-state index contributed by atoms with van der Waals surface area (Å²) in [5.74, 6) is 1.01. The summed E-state index contributed by atoms with van der Waals surface area (Å²) in [6.07, 6.45) is 1.51. The van der Waals surface area contributed by atoms with Gasteiger partial charge in [-0.05, 0) is 26.2 Å². The SMILES string of the molecule is CN(C)C1C=C(O)c2ccccc2O1. The van der Waals surface area contributed by atoms with Crippen LogP contribution >= 0.6 is 0 Å². The van der Waals surface area contributed by atoms with Gasteiger partial charge in [-0.15, -0.1) is 0 Å². The zero-order chi connectivity index (χ0) is 10.1. The molecule has 0 radical (unpaired) electrons. The molecule has 1 N–H and O–H groups in total. The second-order valence-electron chi connectivity index (χ2n) is 3.52. The zero-order valence-corrected chi connectivity index (χ0v) is 8.27. The fourth-order valence-corrected chi connectivity index (χ4v) is 1.42. The van der Waals surface area contributed by atoms with E-state index >= 15 is 0 Å². The highest BCUT2D eigenvalue weighted by Crippen LogP contribution is 2.30. The van der Waals surface area contributed by atoms with E-state index in [1.807, 2.05) is 43.3 Å². The fourth-order valence-electron chi connectivity index (χ4n) is 1.42. The van der Waals surface area contributed by atoms with Crippen molar-refractivity contribution in [2.75, 3.05) is 14.1 Å². The van der Waals surface area contributed by atoms with Crippen LogP contribution in [-0.4, -0.2) is 30.3 Å². The summed E-state index contributed by atoms with van der Waals surface area (Å²) in [5.41, 5.74) is 0.755. The molecule has 0 amide bonds. The lowest BCUT2D eigenvalue weighted by Crippen LogP contribution is -2.33. The normalized spacial score (nSPS) is 19.9. The molecule has 0 saturated heterocycles. The molecule has 0 aromatic heterocycles. The molecule has 0 saturated carbocycles. The molecule has 14 heavy (non-hydrogen) atoms. The Morgan fingerprint density at radius 2 is 2.00 bits per heavy atom. The van der Waals surface area contributed by atoms with Crippen molar-refractivity contribution in [3.8, 4) is 5.75 Å². The Kier molecular flexibility index (Phi) is 2.17. The van der Waals surface area contributed by atoms with Crippen molar-refractivity contribution in [1.29, 1.82) is 0 Å². The van der Waals surface area contributed by atoms with Crippen molar-refractivity contribution >= 4 is 5.76 Å². The summed E-state index contributed by atoms with van der Waals surface area (Å²) in [5, 5.41) is 9.74. The Hall–Kier alpha value is -1.48. The van der Waals surface area contributed by atoms with Crippen molar-refractivity contribution in [2.24, 2.45) is 0 Å². The van der Waals surface area contributed by atoms with Gasteiger partial charge in [-0.3, -0.25) is 4.90 Å². The average molecular weight is 191 g/mol. The van der Waals surface area contributed by atoms with Crippen LogP contribution in [0.1, 0.15) is 5.56 Å². The minimum Gasteiger partial charge on any atom is -0.507 e. The Labute approximate surface area is 83.2 Å². The molecule has 0 fully saturated rings. The third-order valence-electron chi connectivity index (χ3n) is 2.22. The van der Waals surface area contributed by atoms with E-state index < -0.39 is 0 Å². The lowest BCUT2D eigenvalue weighted by atomic mass is 10.1. The fraction of sp³-hybridized carbons (Fsp3) is 0.273. The van der Waals surface area contributed by atoms with E-state index in [9.17, 15) is 5.11 Å². The third-order valence-corrected chi connectivity index (χ3v) is 2.22. The predicted molar refractivity (Wildman–Crippen MR) is 55.2 cm³/mol. The van der Waals surface area contributed by atoms with Gasteiger partial charge in [0, 0.05) is 6.08 Å². The second kappa shape index (κ2) is 3.35. The van der Waals surface area contributed by atoms with Gasteiger partial charge >= 0.3 is 0 Å². The molecule has 1 aromatic rings. The van der Waals surface area contributed by atoms with Gasteiger partial charge in [0.1, 0.15) is 11.5 Å². The van der Waals surface area contributed by atoms with Gasteiger partial charge in [-0.25, -0.2) is 0 Å². The van der Waals surface area contributed by atoms with Crippen LogP contribution in [0.25, 0.3) is 5.76 Å².